The summed E-state index contributed by atoms with van der Waals surface area (Å²) in [6.45, 7) is 2.98. The Morgan fingerprint density at radius 3 is 3.05 bits per heavy atom. The summed E-state index contributed by atoms with van der Waals surface area (Å²) in [7, 11) is 0. The Labute approximate surface area is 131 Å². The summed E-state index contributed by atoms with van der Waals surface area (Å²) >= 11 is 1.91. The van der Waals surface area contributed by atoms with Crippen molar-refractivity contribution in [2.75, 3.05) is 18.1 Å². The smallest absolute Gasteiger partial charge is 0.270 e. The van der Waals surface area contributed by atoms with Crippen LogP contribution in [0.5, 0.6) is 0 Å². The molecule has 5 heteroatoms. The van der Waals surface area contributed by atoms with Gasteiger partial charge in [0, 0.05) is 17.8 Å². The van der Waals surface area contributed by atoms with Crippen molar-refractivity contribution in [1.82, 2.24) is 10.3 Å². The van der Waals surface area contributed by atoms with Gasteiger partial charge in [-0.2, -0.15) is 11.8 Å². The zero-order chi connectivity index (χ0) is 15.1. The molecule has 0 aromatic carbocycles. The van der Waals surface area contributed by atoms with Gasteiger partial charge in [-0.15, -0.1) is 0 Å². The third-order valence-corrected chi connectivity index (χ3v) is 4.93. The van der Waals surface area contributed by atoms with E-state index in [2.05, 4.69) is 28.8 Å². The molecule has 2 N–H and O–H groups in total. The Morgan fingerprint density at radius 2 is 2.29 bits per heavy atom. The predicted octanol–water partition coefficient (Wildman–Crippen LogP) is 3.31. The topological polar surface area (TPSA) is 54.0 Å². The van der Waals surface area contributed by atoms with Gasteiger partial charge in [0.2, 0.25) is 0 Å². The van der Waals surface area contributed by atoms with Gasteiger partial charge < -0.3 is 10.6 Å². The van der Waals surface area contributed by atoms with Crippen LogP contribution >= 0.6 is 11.8 Å². The van der Waals surface area contributed by atoms with Gasteiger partial charge in [0.15, 0.2) is 0 Å². The highest BCUT2D eigenvalue weighted by Crippen LogP contribution is 2.27. The number of hydrogen-bond acceptors (Lipinski definition) is 4. The van der Waals surface area contributed by atoms with Gasteiger partial charge >= 0.3 is 0 Å². The summed E-state index contributed by atoms with van der Waals surface area (Å²) in [4.78, 5) is 16.7. The molecule has 4 nitrogen and oxygen atoms in total. The largest absolute Gasteiger partial charge is 0.370 e. The average Bonchev–Trinajstić information content (AvgIpc) is 2.53. The molecule has 1 fully saturated rings. The number of anilines is 1. The van der Waals surface area contributed by atoms with E-state index in [1.54, 1.807) is 6.07 Å². The SMILES string of the molecule is CCCNc1cccc(C(=O)NC2CCCC(SC)C2)n1. The van der Waals surface area contributed by atoms with Crippen molar-refractivity contribution in [3.63, 3.8) is 0 Å². The molecule has 21 heavy (non-hydrogen) atoms. The normalized spacial score (nSPS) is 21.8. The molecular weight excluding hydrogens is 282 g/mol. The van der Waals surface area contributed by atoms with E-state index >= 15 is 0 Å². The number of amides is 1. The fraction of sp³-hybridized carbons (Fsp3) is 0.625. The van der Waals surface area contributed by atoms with E-state index in [1.165, 1.54) is 12.8 Å². The Morgan fingerprint density at radius 1 is 1.43 bits per heavy atom. The van der Waals surface area contributed by atoms with Crippen molar-refractivity contribution in [1.29, 1.82) is 0 Å². The van der Waals surface area contributed by atoms with Crippen LogP contribution in [0.15, 0.2) is 18.2 Å². The molecule has 0 bridgehead atoms. The summed E-state index contributed by atoms with van der Waals surface area (Å²) in [6.07, 6.45) is 7.80. The minimum atomic E-state index is -0.0538. The summed E-state index contributed by atoms with van der Waals surface area (Å²) < 4.78 is 0. The van der Waals surface area contributed by atoms with Gasteiger partial charge in [0.05, 0.1) is 0 Å². The molecule has 1 aromatic heterocycles. The zero-order valence-corrected chi connectivity index (χ0v) is 13.7. The summed E-state index contributed by atoms with van der Waals surface area (Å²) in [5.74, 6) is 0.719. The zero-order valence-electron chi connectivity index (χ0n) is 12.9. The highest BCUT2D eigenvalue weighted by Gasteiger charge is 2.23. The maximum Gasteiger partial charge on any atom is 0.270 e. The standard InChI is InChI=1S/C16H25N3OS/c1-3-10-17-15-9-5-8-14(19-15)16(20)18-12-6-4-7-13(11-12)21-2/h5,8-9,12-13H,3-4,6-7,10-11H2,1-2H3,(H,17,19)(H,18,20). The Balaban J connectivity index is 1.93. The van der Waals surface area contributed by atoms with Gasteiger partial charge in [-0.05, 0) is 44.1 Å². The minimum Gasteiger partial charge on any atom is -0.370 e. The van der Waals surface area contributed by atoms with E-state index in [0.29, 0.717) is 10.9 Å². The van der Waals surface area contributed by atoms with Gasteiger partial charge in [0.1, 0.15) is 11.5 Å². The van der Waals surface area contributed by atoms with Crippen molar-refractivity contribution in [2.45, 2.75) is 50.3 Å². The van der Waals surface area contributed by atoms with E-state index in [4.69, 9.17) is 0 Å². The quantitative estimate of drug-likeness (QED) is 0.846. The molecule has 0 radical (unpaired) electrons. The van der Waals surface area contributed by atoms with E-state index in [-0.39, 0.29) is 11.9 Å². The average molecular weight is 307 g/mol. The van der Waals surface area contributed by atoms with Crippen molar-refractivity contribution in [3.05, 3.63) is 23.9 Å². The lowest BCUT2D eigenvalue weighted by atomic mass is 9.95. The second kappa shape index (κ2) is 8.27. The molecule has 2 unspecified atom stereocenters. The van der Waals surface area contributed by atoms with E-state index in [0.717, 1.165) is 31.6 Å². The number of pyridine rings is 1. The molecule has 1 aliphatic carbocycles. The minimum absolute atomic E-state index is 0.0538. The molecule has 2 atom stereocenters. The number of carbonyl (C=O) groups excluding carboxylic acids is 1. The van der Waals surface area contributed by atoms with E-state index in [1.807, 2.05) is 23.9 Å². The van der Waals surface area contributed by atoms with Crippen LogP contribution in [-0.2, 0) is 0 Å². The van der Waals surface area contributed by atoms with Crippen molar-refractivity contribution < 1.29 is 4.79 Å². The van der Waals surface area contributed by atoms with Gasteiger partial charge in [0.25, 0.3) is 5.91 Å². The first kappa shape index (κ1) is 16.1. The highest BCUT2D eigenvalue weighted by atomic mass is 32.2. The van der Waals surface area contributed by atoms with Gasteiger partial charge in [-0.1, -0.05) is 19.4 Å². The third kappa shape index (κ3) is 4.92. The molecule has 1 saturated carbocycles. The van der Waals surface area contributed by atoms with Crippen LogP contribution in [0.4, 0.5) is 5.82 Å². The lowest BCUT2D eigenvalue weighted by Crippen LogP contribution is -2.39. The number of nitrogens with zero attached hydrogens (tertiary/aromatic N) is 1. The van der Waals surface area contributed by atoms with Crippen molar-refractivity contribution in [2.24, 2.45) is 0 Å². The Kier molecular flexibility index (Phi) is 6.36. The van der Waals surface area contributed by atoms with Crippen molar-refractivity contribution in [3.8, 4) is 0 Å². The lowest BCUT2D eigenvalue weighted by molar-refractivity contribution is 0.0923. The highest BCUT2D eigenvalue weighted by molar-refractivity contribution is 7.99. The molecule has 0 spiro atoms. The maximum atomic E-state index is 12.3. The molecule has 0 aliphatic heterocycles. The Bertz CT molecular complexity index is 467. The van der Waals surface area contributed by atoms with E-state index in [9.17, 15) is 4.79 Å². The number of rotatable bonds is 6. The molecular formula is C16H25N3OS. The third-order valence-electron chi connectivity index (χ3n) is 3.83. The summed E-state index contributed by atoms with van der Waals surface area (Å²) in [6, 6.07) is 5.85. The van der Waals surface area contributed by atoms with E-state index < -0.39 is 0 Å². The van der Waals surface area contributed by atoms with Gasteiger partial charge in [-0.25, -0.2) is 4.98 Å². The maximum absolute atomic E-state index is 12.3. The first-order chi connectivity index (χ1) is 10.2. The van der Waals surface area contributed by atoms with Crippen molar-refractivity contribution >= 4 is 23.5 Å². The number of thioether (sulfide) groups is 1. The molecule has 0 saturated heterocycles. The lowest BCUT2D eigenvalue weighted by Gasteiger charge is -2.28. The van der Waals surface area contributed by atoms with Crippen LogP contribution in [-0.4, -0.2) is 35.0 Å². The first-order valence-corrected chi connectivity index (χ1v) is 9.06. The molecule has 1 aliphatic rings. The van der Waals surface area contributed by atoms with Crippen LogP contribution < -0.4 is 10.6 Å². The van der Waals surface area contributed by atoms with Crippen LogP contribution in [0, 0.1) is 0 Å². The fourth-order valence-electron chi connectivity index (χ4n) is 2.66. The second-order valence-corrected chi connectivity index (χ2v) is 6.67. The van der Waals surface area contributed by atoms with Crippen LogP contribution in [0.25, 0.3) is 0 Å². The van der Waals surface area contributed by atoms with Crippen LogP contribution in [0.2, 0.25) is 0 Å². The number of hydrogen-bond donors (Lipinski definition) is 2. The molecule has 2 rings (SSSR count). The number of carbonyl (C=O) groups is 1. The predicted molar refractivity (Wildman–Crippen MR) is 90.0 cm³/mol. The molecule has 1 heterocycles. The van der Waals surface area contributed by atoms with Gasteiger partial charge in [-0.3, -0.25) is 4.79 Å². The summed E-state index contributed by atoms with van der Waals surface area (Å²) in [5.41, 5.74) is 0.502. The summed E-state index contributed by atoms with van der Waals surface area (Å²) in [5, 5.41) is 7.03. The molecule has 116 valence electrons. The molecule has 1 aromatic rings. The Hall–Kier alpha value is -1.23. The fourth-order valence-corrected chi connectivity index (χ4v) is 3.49. The number of nitrogens with one attached hydrogen (secondary N) is 2. The van der Waals surface area contributed by atoms with Crippen LogP contribution in [0.3, 0.4) is 0 Å². The molecule has 1 amide bonds. The first-order valence-electron chi connectivity index (χ1n) is 7.77. The van der Waals surface area contributed by atoms with Crippen LogP contribution in [0.1, 0.15) is 49.5 Å². The monoisotopic (exact) mass is 307 g/mol. The number of aromatic nitrogens is 1. The second-order valence-electron chi connectivity index (χ2n) is 5.53.